The van der Waals surface area contributed by atoms with Crippen LogP contribution in [0.3, 0.4) is 0 Å². The third kappa shape index (κ3) is 6.78. The maximum absolute atomic E-state index is 14.5. The maximum atomic E-state index is 14.5. The molecule has 0 bridgehead atoms. The van der Waals surface area contributed by atoms with E-state index in [9.17, 15) is 9.18 Å². The van der Waals surface area contributed by atoms with Crippen LogP contribution in [0.1, 0.15) is 71.2 Å². The fourth-order valence-corrected chi connectivity index (χ4v) is 5.41. The Morgan fingerprint density at radius 1 is 0.842 bits per heavy atom. The lowest BCUT2D eigenvalue weighted by Crippen LogP contribution is -2.36. The summed E-state index contributed by atoms with van der Waals surface area (Å²) >= 11 is 0. The van der Waals surface area contributed by atoms with Gasteiger partial charge in [-0.2, -0.15) is 0 Å². The quantitative estimate of drug-likeness (QED) is 0.241. The van der Waals surface area contributed by atoms with Gasteiger partial charge >= 0.3 is 0 Å². The minimum atomic E-state index is -0.237. The fraction of sp³-hybridized carbons (Fsp3) is 0.303. The number of nitrogens with one attached hydrogen (secondary N) is 1. The second kappa shape index (κ2) is 12.7. The van der Waals surface area contributed by atoms with Gasteiger partial charge in [0.2, 0.25) is 0 Å². The molecule has 1 aromatic heterocycles. The van der Waals surface area contributed by atoms with Crippen molar-refractivity contribution >= 4 is 5.91 Å². The summed E-state index contributed by atoms with van der Waals surface area (Å²) in [5.74, 6) is 0.595. The molecule has 4 aromatic rings. The van der Waals surface area contributed by atoms with E-state index in [4.69, 9.17) is 4.42 Å². The highest BCUT2D eigenvalue weighted by atomic mass is 19.1. The highest BCUT2D eigenvalue weighted by Gasteiger charge is 2.24. The van der Waals surface area contributed by atoms with E-state index >= 15 is 0 Å². The molecule has 1 saturated carbocycles. The molecule has 3 aromatic carbocycles. The normalized spacial score (nSPS) is 14.9. The first-order valence-electron chi connectivity index (χ1n) is 13.6. The highest BCUT2D eigenvalue weighted by molar-refractivity contribution is 5.91. The summed E-state index contributed by atoms with van der Waals surface area (Å²) in [6.45, 7) is 1.06. The summed E-state index contributed by atoms with van der Waals surface area (Å²) in [6.07, 6.45) is 6.50. The monoisotopic (exact) mass is 510 g/mol. The summed E-state index contributed by atoms with van der Waals surface area (Å²) in [5, 5.41) is 3.18. The number of carbonyl (C=O) groups excluding carboxylic acids is 1. The first kappa shape index (κ1) is 25.9. The van der Waals surface area contributed by atoms with Gasteiger partial charge in [-0.25, -0.2) is 4.39 Å². The number of benzene rings is 3. The first-order valence-corrected chi connectivity index (χ1v) is 13.6. The average Bonchev–Trinajstić information content (AvgIpc) is 3.44. The van der Waals surface area contributed by atoms with E-state index in [1.807, 2.05) is 66.7 Å². The van der Waals surface area contributed by atoms with Crippen LogP contribution in [0, 0.1) is 5.82 Å². The van der Waals surface area contributed by atoms with Gasteiger partial charge in [0.15, 0.2) is 5.76 Å². The van der Waals surface area contributed by atoms with E-state index in [1.54, 1.807) is 12.1 Å². The van der Waals surface area contributed by atoms with Crippen molar-refractivity contribution in [3.8, 4) is 0 Å². The van der Waals surface area contributed by atoms with E-state index in [0.717, 1.165) is 29.7 Å². The molecule has 4 nitrogen and oxygen atoms in total. The summed E-state index contributed by atoms with van der Waals surface area (Å²) in [5.41, 5.74) is 2.89. The minimum absolute atomic E-state index is 0.181. The van der Waals surface area contributed by atoms with Crippen molar-refractivity contribution in [3.05, 3.63) is 131 Å². The van der Waals surface area contributed by atoms with E-state index < -0.39 is 0 Å². The van der Waals surface area contributed by atoms with Crippen LogP contribution in [0.15, 0.2) is 101 Å². The number of hydrogen-bond acceptors (Lipinski definition) is 3. The zero-order valence-corrected chi connectivity index (χ0v) is 21.7. The molecule has 0 radical (unpaired) electrons. The summed E-state index contributed by atoms with van der Waals surface area (Å²) in [7, 11) is 0. The number of furan rings is 1. The molecule has 1 aliphatic rings. The van der Waals surface area contributed by atoms with Gasteiger partial charge in [-0.05, 0) is 48.6 Å². The van der Waals surface area contributed by atoms with Crippen LogP contribution < -0.4 is 5.32 Å². The lowest BCUT2D eigenvalue weighted by Gasteiger charge is -2.34. The van der Waals surface area contributed by atoms with Crippen molar-refractivity contribution in [2.24, 2.45) is 0 Å². The number of halogens is 1. The standard InChI is InChI=1S/C33H35FN2O2/c34-30-19-11-10-16-27(30)23-36(28-17-8-3-9-18-28)24-29-20-21-32(38-29)33(37)35-31(26-14-6-2-7-15-26)22-25-12-4-1-5-13-25/h1-2,4-7,10-16,19-21,28,31H,3,8-9,17-18,22-24H2,(H,35,37). The Morgan fingerprint density at radius 2 is 1.53 bits per heavy atom. The van der Waals surface area contributed by atoms with Gasteiger partial charge in [0, 0.05) is 18.2 Å². The molecule has 1 aliphatic carbocycles. The Balaban J connectivity index is 1.30. The van der Waals surface area contributed by atoms with Gasteiger partial charge in [-0.3, -0.25) is 9.69 Å². The number of rotatable bonds is 10. The zero-order valence-electron chi connectivity index (χ0n) is 21.7. The van der Waals surface area contributed by atoms with Crippen LogP contribution in [-0.4, -0.2) is 16.8 Å². The molecule has 0 saturated heterocycles. The van der Waals surface area contributed by atoms with Gasteiger partial charge in [0.1, 0.15) is 11.6 Å². The van der Waals surface area contributed by atoms with Crippen LogP contribution in [0.2, 0.25) is 0 Å². The van der Waals surface area contributed by atoms with E-state index in [1.165, 1.54) is 25.3 Å². The molecule has 1 heterocycles. The fourth-order valence-electron chi connectivity index (χ4n) is 5.41. The van der Waals surface area contributed by atoms with Crippen LogP contribution in [-0.2, 0) is 19.5 Å². The Labute approximate surface area is 224 Å². The predicted molar refractivity (Wildman–Crippen MR) is 148 cm³/mol. The molecule has 1 N–H and O–H groups in total. The first-order chi connectivity index (χ1) is 18.7. The van der Waals surface area contributed by atoms with Crippen molar-refractivity contribution in [1.82, 2.24) is 10.2 Å². The molecule has 196 valence electrons. The lowest BCUT2D eigenvalue weighted by atomic mass is 9.93. The molecular weight excluding hydrogens is 475 g/mol. The molecular formula is C33H35FN2O2. The molecule has 1 fully saturated rings. The molecule has 5 rings (SSSR count). The minimum Gasteiger partial charge on any atom is -0.455 e. The van der Waals surface area contributed by atoms with E-state index in [-0.39, 0.29) is 17.8 Å². The predicted octanol–water partition coefficient (Wildman–Crippen LogP) is 7.47. The largest absolute Gasteiger partial charge is 0.455 e. The summed E-state index contributed by atoms with van der Waals surface area (Å²) < 4.78 is 20.6. The molecule has 0 spiro atoms. The van der Waals surface area contributed by atoms with Crippen molar-refractivity contribution in [3.63, 3.8) is 0 Å². The van der Waals surface area contributed by atoms with E-state index in [2.05, 4.69) is 22.3 Å². The molecule has 1 amide bonds. The van der Waals surface area contributed by atoms with E-state index in [0.29, 0.717) is 36.9 Å². The average molecular weight is 511 g/mol. The number of carbonyl (C=O) groups is 1. The third-order valence-corrected chi connectivity index (χ3v) is 7.46. The Hall–Kier alpha value is -3.70. The zero-order chi connectivity index (χ0) is 26.2. The van der Waals surface area contributed by atoms with Crippen molar-refractivity contribution in [2.75, 3.05) is 0 Å². The number of hydrogen-bond donors (Lipinski definition) is 1. The number of amides is 1. The second-order valence-electron chi connectivity index (χ2n) is 10.2. The van der Waals surface area contributed by atoms with Crippen molar-refractivity contribution < 1.29 is 13.6 Å². The Bertz CT molecular complexity index is 1300. The van der Waals surface area contributed by atoms with Crippen LogP contribution in [0.25, 0.3) is 0 Å². The van der Waals surface area contributed by atoms with Crippen LogP contribution >= 0.6 is 0 Å². The molecule has 5 heteroatoms. The Kier molecular flexibility index (Phi) is 8.67. The second-order valence-corrected chi connectivity index (χ2v) is 10.2. The topological polar surface area (TPSA) is 45.5 Å². The SMILES string of the molecule is O=C(NC(Cc1ccccc1)c1ccccc1)c1ccc(CN(Cc2ccccc2F)C2CCCCC2)o1. The molecule has 1 atom stereocenters. The van der Waals surface area contributed by atoms with Gasteiger partial charge in [0.05, 0.1) is 12.6 Å². The van der Waals surface area contributed by atoms with Crippen LogP contribution in [0.4, 0.5) is 4.39 Å². The Morgan fingerprint density at radius 3 is 2.26 bits per heavy atom. The number of nitrogens with zero attached hydrogens (tertiary/aromatic N) is 1. The smallest absolute Gasteiger partial charge is 0.287 e. The summed E-state index contributed by atoms with van der Waals surface area (Å²) in [6, 6.07) is 31.0. The molecule has 1 unspecified atom stereocenters. The van der Waals surface area contributed by atoms with Gasteiger partial charge in [-0.1, -0.05) is 98.1 Å². The molecule has 0 aliphatic heterocycles. The van der Waals surface area contributed by atoms with Crippen molar-refractivity contribution in [1.29, 1.82) is 0 Å². The van der Waals surface area contributed by atoms with Crippen LogP contribution in [0.5, 0.6) is 0 Å². The van der Waals surface area contributed by atoms with Crippen molar-refractivity contribution in [2.45, 2.75) is 63.7 Å². The van der Waals surface area contributed by atoms with Gasteiger partial charge in [0.25, 0.3) is 5.91 Å². The maximum Gasteiger partial charge on any atom is 0.287 e. The lowest BCUT2D eigenvalue weighted by molar-refractivity contribution is 0.0898. The molecule has 38 heavy (non-hydrogen) atoms. The van der Waals surface area contributed by atoms with Gasteiger partial charge < -0.3 is 9.73 Å². The summed E-state index contributed by atoms with van der Waals surface area (Å²) in [4.78, 5) is 15.6. The third-order valence-electron chi connectivity index (χ3n) is 7.46. The highest BCUT2D eigenvalue weighted by Crippen LogP contribution is 2.27. The van der Waals surface area contributed by atoms with Gasteiger partial charge in [-0.15, -0.1) is 0 Å².